The Hall–Kier alpha value is -1.21. The van der Waals surface area contributed by atoms with E-state index >= 15 is 0 Å². The van der Waals surface area contributed by atoms with E-state index in [-0.39, 0.29) is 0 Å². The highest BCUT2D eigenvalue weighted by Gasteiger charge is 2.35. The fourth-order valence-electron chi connectivity index (χ4n) is 1.89. The second-order valence-electron chi connectivity index (χ2n) is 3.82. The van der Waals surface area contributed by atoms with Crippen LogP contribution < -0.4 is 5.32 Å². The molecule has 1 aliphatic carbocycles. The maximum absolute atomic E-state index is 11.3. The normalized spacial score (nSPS) is 30.3. The third-order valence-corrected chi connectivity index (χ3v) is 2.62. The van der Waals surface area contributed by atoms with Crippen molar-refractivity contribution in [3.05, 3.63) is 0 Å². The molecular formula is C11H17NO3. The first kappa shape index (κ1) is 11.9. The van der Waals surface area contributed by atoms with Gasteiger partial charge in [-0.1, -0.05) is 5.92 Å². The van der Waals surface area contributed by atoms with Crippen LogP contribution in [0, 0.1) is 12.3 Å². The van der Waals surface area contributed by atoms with Gasteiger partial charge in [0.15, 0.2) is 0 Å². The lowest BCUT2D eigenvalue weighted by Crippen LogP contribution is -2.51. The van der Waals surface area contributed by atoms with E-state index < -0.39 is 17.7 Å². The summed E-state index contributed by atoms with van der Waals surface area (Å²) in [5.41, 5.74) is -0.732. The molecule has 0 aliphatic heterocycles. The molecule has 84 valence electrons. The van der Waals surface area contributed by atoms with Crippen LogP contribution in [0.2, 0.25) is 0 Å². The third-order valence-electron chi connectivity index (χ3n) is 2.62. The van der Waals surface area contributed by atoms with Gasteiger partial charge in [-0.15, -0.1) is 6.42 Å². The summed E-state index contributed by atoms with van der Waals surface area (Å²) in [6, 6.07) is 0. The molecule has 0 spiro atoms. The topological polar surface area (TPSA) is 58.6 Å². The molecule has 1 saturated carbocycles. The van der Waals surface area contributed by atoms with E-state index in [4.69, 9.17) is 11.2 Å². The SMILES string of the molecule is C#CC1(NC(=O)OCC)CCCC(O)C1. The van der Waals surface area contributed by atoms with Gasteiger partial charge in [0.25, 0.3) is 0 Å². The molecule has 2 N–H and O–H groups in total. The van der Waals surface area contributed by atoms with Crippen LogP contribution in [0.25, 0.3) is 0 Å². The maximum Gasteiger partial charge on any atom is 0.408 e. The first-order valence-electron chi connectivity index (χ1n) is 5.22. The predicted octanol–water partition coefficient (Wildman–Crippen LogP) is 1.04. The van der Waals surface area contributed by atoms with Crippen molar-refractivity contribution in [2.24, 2.45) is 0 Å². The smallest absolute Gasteiger partial charge is 0.408 e. The third kappa shape index (κ3) is 3.14. The number of hydrogen-bond donors (Lipinski definition) is 2. The molecule has 2 atom stereocenters. The van der Waals surface area contributed by atoms with Crippen LogP contribution in [0.3, 0.4) is 0 Å². The zero-order chi connectivity index (χ0) is 11.3. The van der Waals surface area contributed by atoms with E-state index in [2.05, 4.69) is 11.2 Å². The Morgan fingerprint density at radius 3 is 3.07 bits per heavy atom. The highest BCUT2D eigenvalue weighted by atomic mass is 16.5. The molecule has 15 heavy (non-hydrogen) atoms. The molecule has 0 heterocycles. The van der Waals surface area contributed by atoms with Gasteiger partial charge < -0.3 is 15.2 Å². The summed E-state index contributed by atoms with van der Waals surface area (Å²) in [6.45, 7) is 2.05. The van der Waals surface area contributed by atoms with Crippen molar-refractivity contribution in [1.29, 1.82) is 0 Å². The van der Waals surface area contributed by atoms with Gasteiger partial charge in [0, 0.05) is 6.42 Å². The van der Waals surface area contributed by atoms with Gasteiger partial charge in [0.05, 0.1) is 12.7 Å². The lowest BCUT2D eigenvalue weighted by Gasteiger charge is -2.35. The largest absolute Gasteiger partial charge is 0.450 e. The number of ether oxygens (including phenoxy) is 1. The fraction of sp³-hybridized carbons (Fsp3) is 0.727. The lowest BCUT2D eigenvalue weighted by atomic mass is 9.81. The van der Waals surface area contributed by atoms with Crippen LogP contribution >= 0.6 is 0 Å². The Morgan fingerprint density at radius 2 is 2.53 bits per heavy atom. The van der Waals surface area contributed by atoms with Gasteiger partial charge in [-0.05, 0) is 26.2 Å². The Kier molecular flexibility index (Phi) is 3.98. The first-order chi connectivity index (χ1) is 7.12. The molecule has 1 fully saturated rings. The molecule has 4 nitrogen and oxygen atoms in total. The number of aliphatic hydroxyl groups excluding tert-OH is 1. The Balaban J connectivity index is 2.60. The summed E-state index contributed by atoms with van der Waals surface area (Å²) in [5.74, 6) is 2.57. The monoisotopic (exact) mass is 211 g/mol. The van der Waals surface area contributed by atoms with Gasteiger partial charge >= 0.3 is 6.09 Å². The Morgan fingerprint density at radius 1 is 1.80 bits per heavy atom. The second-order valence-corrected chi connectivity index (χ2v) is 3.82. The quantitative estimate of drug-likeness (QED) is 0.671. The minimum Gasteiger partial charge on any atom is -0.450 e. The summed E-state index contributed by atoms with van der Waals surface area (Å²) >= 11 is 0. The highest BCUT2D eigenvalue weighted by molar-refractivity contribution is 5.69. The Bertz CT molecular complexity index is 271. The fourth-order valence-corrected chi connectivity index (χ4v) is 1.89. The highest BCUT2D eigenvalue weighted by Crippen LogP contribution is 2.27. The molecule has 1 amide bonds. The minimum atomic E-state index is -0.732. The summed E-state index contributed by atoms with van der Waals surface area (Å²) in [4.78, 5) is 11.3. The van der Waals surface area contributed by atoms with Gasteiger partial charge in [-0.2, -0.15) is 0 Å². The van der Waals surface area contributed by atoms with Crippen molar-refractivity contribution in [3.63, 3.8) is 0 Å². The van der Waals surface area contributed by atoms with Crippen molar-refractivity contribution >= 4 is 6.09 Å². The molecule has 0 radical (unpaired) electrons. The summed E-state index contributed by atoms with van der Waals surface area (Å²) < 4.78 is 4.78. The number of alkyl carbamates (subject to hydrolysis) is 1. The number of carbonyl (C=O) groups excluding carboxylic acids is 1. The molecule has 0 bridgehead atoms. The predicted molar refractivity (Wildman–Crippen MR) is 56.2 cm³/mol. The van der Waals surface area contributed by atoms with E-state index in [1.807, 2.05) is 0 Å². The second kappa shape index (κ2) is 5.04. The van der Waals surface area contributed by atoms with Gasteiger partial charge in [0.1, 0.15) is 5.54 Å². The number of rotatable bonds is 2. The summed E-state index contributed by atoms with van der Waals surface area (Å²) in [5, 5.41) is 12.2. The molecule has 2 unspecified atom stereocenters. The number of carbonyl (C=O) groups is 1. The number of nitrogens with one attached hydrogen (secondary N) is 1. The molecule has 4 heteroatoms. The average Bonchev–Trinajstić information content (AvgIpc) is 2.18. The van der Waals surface area contributed by atoms with Crippen LogP contribution in [0.1, 0.15) is 32.6 Å². The summed E-state index contributed by atoms with van der Waals surface area (Å²) in [6.07, 6.45) is 7.13. The van der Waals surface area contributed by atoms with E-state index in [1.165, 1.54) is 0 Å². The molecule has 1 rings (SSSR count). The number of hydrogen-bond acceptors (Lipinski definition) is 3. The van der Waals surface area contributed by atoms with Crippen LogP contribution in [0.15, 0.2) is 0 Å². The van der Waals surface area contributed by atoms with Crippen molar-refractivity contribution in [2.75, 3.05) is 6.61 Å². The van der Waals surface area contributed by atoms with Gasteiger partial charge in [0.2, 0.25) is 0 Å². The van der Waals surface area contributed by atoms with Crippen molar-refractivity contribution in [1.82, 2.24) is 5.32 Å². The molecule has 0 aromatic carbocycles. The molecule has 0 saturated heterocycles. The van der Waals surface area contributed by atoms with Gasteiger partial charge in [-0.3, -0.25) is 0 Å². The van der Waals surface area contributed by atoms with E-state index in [1.54, 1.807) is 6.92 Å². The molecule has 0 aromatic heterocycles. The van der Waals surface area contributed by atoms with E-state index in [0.29, 0.717) is 19.4 Å². The Labute approximate surface area is 90.0 Å². The summed E-state index contributed by atoms with van der Waals surface area (Å²) in [7, 11) is 0. The van der Waals surface area contributed by atoms with E-state index in [0.717, 1.165) is 12.8 Å². The first-order valence-corrected chi connectivity index (χ1v) is 5.22. The molecule has 1 aliphatic rings. The van der Waals surface area contributed by atoms with Crippen LogP contribution in [-0.4, -0.2) is 29.4 Å². The average molecular weight is 211 g/mol. The van der Waals surface area contributed by atoms with Crippen LogP contribution in [0.5, 0.6) is 0 Å². The van der Waals surface area contributed by atoms with Crippen molar-refractivity contribution in [3.8, 4) is 12.3 Å². The number of terminal acetylenes is 1. The molecular weight excluding hydrogens is 194 g/mol. The molecule has 0 aromatic rings. The van der Waals surface area contributed by atoms with E-state index in [9.17, 15) is 9.90 Å². The minimum absolute atomic E-state index is 0.315. The standard InChI is InChI=1S/C11H17NO3/c1-3-11(12-10(14)15-4-2)7-5-6-9(13)8-11/h1,9,13H,4-8H2,2H3,(H,12,14). The zero-order valence-corrected chi connectivity index (χ0v) is 8.95. The maximum atomic E-state index is 11.3. The number of aliphatic hydroxyl groups is 1. The van der Waals surface area contributed by atoms with Crippen molar-refractivity contribution < 1.29 is 14.6 Å². The van der Waals surface area contributed by atoms with Gasteiger partial charge in [-0.25, -0.2) is 4.79 Å². The van der Waals surface area contributed by atoms with Crippen LogP contribution in [0.4, 0.5) is 4.79 Å². The number of amides is 1. The van der Waals surface area contributed by atoms with Crippen LogP contribution in [-0.2, 0) is 4.74 Å². The van der Waals surface area contributed by atoms with Crippen molar-refractivity contribution in [2.45, 2.75) is 44.2 Å². The lowest BCUT2D eigenvalue weighted by molar-refractivity contribution is 0.0848. The zero-order valence-electron chi connectivity index (χ0n) is 8.95.